The predicted molar refractivity (Wildman–Crippen MR) is 92.4 cm³/mol. The van der Waals surface area contributed by atoms with E-state index >= 15 is 0 Å². The molecule has 128 valence electrons. The molecule has 2 amide bonds. The van der Waals surface area contributed by atoms with Gasteiger partial charge in [-0.1, -0.05) is 11.6 Å². The normalized spacial score (nSPS) is 19.1. The first-order chi connectivity index (χ1) is 11.4. The fourth-order valence-electron chi connectivity index (χ4n) is 2.64. The summed E-state index contributed by atoms with van der Waals surface area (Å²) in [6, 6.07) is 4.78. The smallest absolute Gasteiger partial charge is 0.319 e. The van der Waals surface area contributed by atoms with Gasteiger partial charge in [-0.3, -0.25) is 0 Å². The van der Waals surface area contributed by atoms with E-state index in [4.69, 9.17) is 11.6 Å². The third kappa shape index (κ3) is 4.07. The summed E-state index contributed by atoms with van der Waals surface area (Å²) in [4.78, 5) is 15.9. The van der Waals surface area contributed by atoms with Crippen LogP contribution in [-0.2, 0) is 9.84 Å². The lowest BCUT2D eigenvalue weighted by atomic mass is 10.1. The Labute approximate surface area is 145 Å². The van der Waals surface area contributed by atoms with Crippen molar-refractivity contribution in [2.24, 2.45) is 5.92 Å². The lowest BCUT2D eigenvalue weighted by Crippen LogP contribution is -2.33. The molecule has 1 aromatic heterocycles. The summed E-state index contributed by atoms with van der Waals surface area (Å²) >= 11 is 6.23. The molecular weight excluding hydrogens is 352 g/mol. The predicted octanol–water partition coefficient (Wildman–Crippen LogP) is 2.08. The van der Waals surface area contributed by atoms with Crippen LogP contribution in [-0.4, -0.2) is 42.1 Å². The number of nitrogens with zero attached hydrogens (tertiary/aromatic N) is 2. The molecule has 0 spiro atoms. The molecule has 1 saturated heterocycles. The molecule has 1 aromatic carbocycles. The van der Waals surface area contributed by atoms with Crippen LogP contribution in [0.4, 0.5) is 10.5 Å². The standard InChI is InChI=1S/C15H17ClN4O3S/c16-13-7-12(1-2-14(13)20-5-4-17-10-20)19-15(21)18-8-11-3-6-24(22,23)9-11/h1-2,4-5,7,10-11H,3,6,8-9H2,(H2,18,19,21). The van der Waals surface area contributed by atoms with Crippen LogP contribution < -0.4 is 10.6 Å². The minimum Gasteiger partial charge on any atom is -0.338 e. The van der Waals surface area contributed by atoms with Crippen molar-refractivity contribution in [3.05, 3.63) is 41.9 Å². The van der Waals surface area contributed by atoms with Crippen molar-refractivity contribution in [2.45, 2.75) is 6.42 Å². The molecule has 2 heterocycles. The van der Waals surface area contributed by atoms with E-state index in [-0.39, 0.29) is 23.5 Å². The van der Waals surface area contributed by atoms with E-state index in [1.165, 1.54) is 0 Å². The van der Waals surface area contributed by atoms with Gasteiger partial charge < -0.3 is 15.2 Å². The fraction of sp³-hybridized carbons (Fsp3) is 0.333. The second-order valence-electron chi connectivity index (χ2n) is 5.74. The SMILES string of the molecule is O=C(NCC1CCS(=O)(=O)C1)Nc1ccc(-n2ccnc2)c(Cl)c1. The molecule has 0 radical (unpaired) electrons. The van der Waals surface area contributed by atoms with Crippen molar-refractivity contribution in [3.63, 3.8) is 0 Å². The van der Waals surface area contributed by atoms with E-state index in [9.17, 15) is 13.2 Å². The first-order valence-corrected chi connectivity index (χ1v) is 9.66. The number of sulfone groups is 1. The van der Waals surface area contributed by atoms with Crippen molar-refractivity contribution < 1.29 is 13.2 Å². The summed E-state index contributed by atoms with van der Waals surface area (Å²) in [5.41, 5.74) is 1.32. The third-order valence-electron chi connectivity index (χ3n) is 3.87. The molecule has 7 nitrogen and oxygen atoms in total. The Morgan fingerprint density at radius 3 is 2.88 bits per heavy atom. The van der Waals surface area contributed by atoms with Gasteiger partial charge in [0.05, 0.1) is 28.5 Å². The summed E-state index contributed by atoms with van der Waals surface area (Å²) in [5.74, 6) is 0.318. The number of carbonyl (C=O) groups excluding carboxylic acids is 1. The number of rotatable bonds is 4. The summed E-state index contributed by atoms with van der Waals surface area (Å²) in [7, 11) is -2.93. The number of benzene rings is 1. The van der Waals surface area contributed by atoms with Crippen molar-refractivity contribution in [1.29, 1.82) is 0 Å². The lowest BCUT2D eigenvalue weighted by Gasteiger charge is -2.12. The Balaban J connectivity index is 1.56. The Bertz CT molecular complexity index is 836. The molecule has 0 bridgehead atoms. The number of imidazole rings is 1. The summed E-state index contributed by atoms with van der Waals surface area (Å²) in [6.45, 7) is 0.339. The van der Waals surface area contributed by atoms with Gasteiger partial charge in [-0.2, -0.15) is 0 Å². The zero-order valence-corrected chi connectivity index (χ0v) is 14.3. The maximum Gasteiger partial charge on any atom is 0.319 e. The Hall–Kier alpha value is -2.06. The molecule has 1 fully saturated rings. The van der Waals surface area contributed by atoms with Gasteiger partial charge in [0.15, 0.2) is 9.84 Å². The summed E-state index contributed by atoms with van der Waals surface area (Å²) < 4.78 is 24.6. The molecule has 1 aliphatic rings. The van der Waals surface area contributed by atoms with Crippen molar-refractivity contribution >= 4 is 33.2 Å². The summed E-state index contributed by atoms with van der Waals surface area (Å²) in [6.07, 6.45) is 5.65. The molecule has 2 aromatic rings. The molecule has 0 aliphatic carbocycles. The quantitative estimate of drug-likeness (QED) is 0.864. The topological polar surface area (TPSA) is 93.1 Å². The monoisotopic (exact) mass is 368 g/mol. The number of amides is 2. The van der Waals surface area contributed by atoms with Crippen LogP contribution in [0.25, 0.3) is 5.69 Å². The van der Waals surface area contributed by atoms with E-state index in [2.05, 4.69) is 15.6 Å². The first kappa shape index (κ1) is 16.8. The molecule has 1 aliphatic heterocycles. The highest BCUT2D eigenvalue weighted by Crippen LogP contribution is 2.24. The van der Waals surface area contributed by atoms with E-state index in [0.29, 0.717) is 23.7 Å². The van der Waals surface area contributed by atoms with E-state index in [0.717, 1.165) is 5.69 Å². The maximum absolute atomic E-state index is 11.9. The van der Waals surface area contributed by atoms with Crippen LogP contribution in [0.1, 0.15) is 6.42 Å². The average molecular weight is 369 g/mol. The second kappa shape index (κ2) is 6.82. The zero-order valence-electron chi connectivity index (χ0n) is 12.8. The van der Waals surface area contributed by atoms with Crippen LogP contribution in [0.3, 0.4) is 0 Å². The molecule has 3 rings (SSSR count). The minimum absolute atomic E-state index is 0.0204. The Morgan fingerprint density at radius 1 is 1.42 bits per heavy atom. The van der Waals surface area contributed by atoms with Crippen LogP contribution in [0, 0.1) is 5.92 Å². The average Bonchev–Trinajstić information content (AvgIpc) is 3.15. The van der Waals surface area contributed by atoms with Crippen LogP contribution in [0.5, 0.6) is 0 Å². The largest absolute Gasteiger partial charge is 0.338 e. The van der Waals surface area contributed by atoms with Gasteiger partial charge in [-0.05, 0) is 30.5 Å². The van der Waals surface area contributed by atoms with Gasteiger partial charge in [-0.15, -0.1) is 0 Å². The number of urea groups is 1. The molecule has 1 unspecified atom stereocenters. The number of hydrogen-bond donors (Lipinski definition) is 2. The van der Waals surface area contributed by atoms with Crippen LogP contribution >= 0.6 is 11.6 Å². The van der Waals surface area contributed by atoms with E-state index in [1.807, 2.05) is 0 Å². The Kier molecular flexibility index (Phi) is 4.77. The highest BCUT2D eigenvalue weighted by Gasteiger charge is 2.27. The Morgan fingerprint density at radius 2 is 2.25 bits per heavy atom. The number of nitrogens with one attached hydrogen (secondary N) is 2. The highest BCUT2D eigenvalue weighted by atomic mass is 35.5. The van der Waals surface area contributed by atoms with Crippen LogP contribution in [0.15, 0.2) is 36.9 Å². The fourth-order valence-corrected chi connectivity index (χ4v) is 4.78. The number of hydrogen-bond acceptors (Lipinski definition) is 4. The van der Waals surface area contributed by atoms with Gasteiger partial charge >= 0.3 is 6.03 Å². The lowest BCUT2D eigenvalue weighted by molar-refractivity contribution is 0.250. The van der Waals surface area contributed by atoms with E-state index < -0.39 is 9.84 Å². The van der Waals surface area contributed by atoms with E-state index in [1.54, 1.807) is 41.5 Å². The molecule has 24 heavy (non-hydrogen) atoms. The molecule has 9 heteroatoms. The third-order valence-corrected chi connectivity index (χ3v) is 6.01. The van der Waals surface area contributed by atoms with Gasteiger partial charge in [-0.25, -0.2) is 18.2 Å². The second-order valence-corrected chi connectivity index (χ2v) is 8.38. The van der Waals surface area contributed by atoms with Crippen molar-refractivity contribution in [1.82, 2.24) is 14.9 Å². The number of carbonyl (C=O) groups is 1. The van der Waals surface area contributed by atoms with Crippen molar-refractivity contribution in [2.75, 3.05) is 23.4 Å². The van der Waals surface area contributed by atoms with Gasteiger partial charge in [0.2, 0.25) is 0 Å². The maximum atomic E-state index is 11.9. The molecule has 0 saturated carbocycles. The molecule has 1 atom stereocenters. The number of aromatic nitrogens is 2. The van der Waals surface area contributed by atoms with Gasteiger partial charge in [0.1, 0.15) is 0 Å². The van der Waals surface area contributed by atoms with Gasteiger partial charge in [0, 0.05) is 24.6 Å². The highest BCUT2D eigenvalue weighted by molar-refractivity contribution is 7.91. The molecular formula is C15H17ClN4O3S. The zero-order chi connectivity index (χ0) is 17.2. The summed E-state index contributed by atoms with van der Waals surface area (Å²) in [5, 5.41) is 5.87. The van der Waals surface area contributed by atoms with Crippen molar-refractivity contribution in [3.8, 4) is 5.69 Å². The first-order valence-electron chi connectivity index (χ1n) is 7.46. The van der Waals surface area contributed by atoms with Gasteiger partial charge in [0.25, 0.3) is 0 Å². The minimum atomic E-state index is -2.93. The van der Waals surface area contributed by atoms with Crippen LogP contribution in [0.2, 0.25) is 5.02 Å². The number of anilines is 1. The molecule has 2 N–H and O–H groups in total. The number of halogens is 1.